The van der Waals surface area contributed by atoms with Gasteiger partial charge in [-0.15, -0.1) is 0 Å². The van der Waals surface area contributed by atoms with E-state index in [0.717, 1.165) is 25.5 Å². The van der Waals surface area contributed by atoms with Gasteiger partial charge in [0.25, 0.3) is 0 Å². The zero-order valence-electron chi connectivity index (χ0n) is 14.0. The van der Waals surface area contributed by atoms with E-state index in [1.807, 2.05) is 7.05 Å². The Kier molecular flexibility index (Phi) is 4.13. The van der Waals surface area contributed by atoms with E-state index in [4.69, 9.17) is 4.74 Å². The van der Waals surface area contributed by atoms with Crippen LogP contribution in [0.3, 0.4) is 0 Å². The van der Waals surface area contributed by atoms with E-state index >= 15 is 0 Å². The lowest BCUT2D eigenvalue weighted by atomic mass is 9.57. The number of nitrogens with zero attached hydrogens (tertiary/aromatic N) is 1. The van der Waals surface area contributed by atoms with Crippen LogP contribution in [-0.4, -0.2) is 31.8 Å². The molecule has 4 nitrogen and oxygen atoms in total. The second-order valence-corrected chi connectivity index (χ2v) is 7.04. The zero-order chi connectivity index (χ0) is 15.7. The van der Waals surface area contributed by atoms with Crippen molar-refractivity contribution < 1.29 is 4.74 Å². The highest BCUT2D eigenvalue weighted by Gasteiger charge is 2.59. The molecule has 0 spiro atoms. The molecule has 2 aliphatic rings. The largest absolute Gasteiger partial charge is 0.377 e. The third kappa shape index (κ3) is 2.60. The molecule has 3 atom stereocenters. The molecule has 0 amide bonds. The van der Waals surface area contributed by atoms with Crippen molar-refractivity contribution in [2.45, 2.75) is 45.9 Å². The summed E-state index contributed by atoms with van der Waals surface area (Å²) in [5, 5.41) is 7.05. The van der Waals surface area contributed by atoms with Crippen LogP contribution in [0.2, 0.25) is 0 Å². The molecule has 0 radical (unpaired) electrons. The van der Waals surface area contributed by atoms with Crippen LogP contribution in [-0.2, 0) is 11.3 Å². The lowest BCUT2D eigenvalue weighted by molar-refractivity contribution is -0.106. The van der Waals surface area contributed by atoms with Gasteiger partial charge in [-0.05, 0) is 24.5 Å². The molecule has 4 heteroatoms. The van der Waals surface area contributed by atoms with Gasteiger partial charge in [0.05, 0.1) is 6.10 Å². The predicted octanol–water partition coefficient (Wildman–Crippen LogP) is 2.47. The monoisotopic (exact) mass is 301 g/mol. The lowest BCUT2D eigenvalue weighted by Gasteiger charge is -2.54. The molecule has 2 N–H and O–H groups in total. The summed E-state index contributed by atoms with van der Waals surface area (Å²) in [5.41, 5.74) is 2.78. The van der Waals surface area contributed by atoms with Crippen molar-refractivity contribution >= 4 is 5.96 Å². The van der Waals surface area contributed by atoms with Crippen LogP contribution in [0, 0.1) is 18.3 Å². The number of hydrogen-bond donors (Lipinski definition) is 2. The van der Waals surface area contributed by atoms with Crippen molar-refractivity contribution in [2.75, 3.05) is 13.7 Å². The first-order valence-electron chi connectivity index (χ1n) is 8.17. The Balaban J connectivity index is 1.60. The summed E-state index contributed by atoms with van der Waals surface area (Å²) in [6, 6.07) is 8.88. The number of guanidine groups is 1. The third-order valence-electron chi connectivity index (χ3n) is 5.32. The van der Waals surface area contributed by atoms with Gasteiger partial charge in [0.1, 0.15) is 0 Å². The Labute approximate surface area is 133 Å². The zero-order valence-corrected chi connectivity index (χ0v) is 14.0. The van der Waals surface area contributed by atoms with E-state index in [2.05, 4.69) is 60.7 Å². The summed E-state index contributed by atoms with van der Waals surface area (Å²) in [6.07, 6.45) is 1.56. The number of nitrogens with one attached hydrogen (secondary N) is 2. The number of rotatable bonds is 3. The second kappa shape index (κ2) is 5.92. The highest BCUT2D eigenvalue weighted by molar-refractivity contribution is 5.80. The maximum atomic E-state index is 5.86. The lowest BCUT2D eigenvalue weighted by Crippen LogP contribution is -2.67. The van der Waals surface area contributed by atoms with Crippen LogP contribution in [0.15, 0.2) is 29.3 Å². The Morgan fingerprint density at radius 2 is 2.14 bits per heavy atom. The highest BCUT2D eigenvalue weighted by atomic mass is 16.5. The number of aryl methyl sites for hydroxylation is 1. The molecule has 1 heterocycles. The minimum Gasteiger partial charge on any atom is -0.377 e. The minimum atomic E-state index is 0.168. The topological polar surface area (TPSA) is 45.7 Å². The Bertz CT molecular complexity index is 567. The molecular formula is C18H27N3O. The van der Waals surface area contributed by atoms with Gasteiger partial charge in [0, 0.05) is 37.6 Å². The average Bonchev–Trinajstić information content (AvgIpc) is 2.96. The molecule has 22 heavy (non-hydrogen) atoms. The fourth-order valence-corrected chi connectivity index (χ4v) is 3.95. The van der Waals surface area contributed by atoms with Gasteiger partial charge in [-0.2, -0.15) is 0 Å². The minimum absolute atomic E-state index is 0.168. The van der Waals surface area contributed by atoms with Crippen LogP contribution in [0.25, 0.3) is 0 Å². The van der Waals surface area contributed by atoms with Crippen LogP contribution >= 0.6 is 0 Å². The summed E-state index contributed by atoms with van der Waals surface area (Å²) in [6.45, 7) is 8.40. The average molecular weight is 301 g/mol. The van der Waals surface area contributed by atoms with Crippen LogP contribution in [0.1, 0.15) is 31.4 Å². The molecule has 1 aliphatic carbocycles. The van der Waals surface area contributed by atoms with Gasteiger partial charge in [-0.3, -0.25) is 4.99 Å². The van der Waals surface area contributed by atoms with Crippen molar-refractivity contribution in [1.29, 1.82) is 0 Å². The molecule has 3 rings (SSSR count). The van der Waals surface area contributed by atoms with E-state index in [1.165, 1.54) is 11.1 Å². The van der Waals surface area contributed by atoms with Gasteiger partial charge in [-0.25, -0.2) is 0 Å². The molecular weight excluding hydrogens is 274 g/mol. The Hall–Kier alpha value is -1.55. The normalized spacial score (nSPS) is 29.6. The smallest absolute Gasteiger partial charge is 0.191 e. The van der Waals surface area contributed by atoms with E-state index < -0.39 is 0 Å². The molecule has 1 aromatic rings. The van der Waals surface area contributed by atoms with E-state index in [0.29, 0.717) is 18.1 Å². The molecule has 3 unspecified atom stereocenters. The maximum absolute atomic E-state index is 5.86. The number of hydrogen-bond acceptors (Lipinski definition) is 2. The highest BCUT2D eigenvalue weighted by Crippen LogP contribution is 2.52. The van der Waals surface area contributed by atoms with E-state index in [-0.39, 0.29) is 5.41 Å². The molecule has 2 fully saturated rings. The first-order valence-corrected chi connectivity index (χ1v) is 8.17. The van der Waals surface area contributed by atoms with Crippen LogP contribution < -0.4 is 10.6 Å². The van der Waals surface area contributed by atoms with Gasteiger partial charge in [0.2, 0.25) is 0 Å². The number of fused-ring (bicyclic) bond motifs is 1. The van der Waals surface area contributed by atoms with Crippen molar-refractivity contribution in [3.63, 3.8) is 0 Å². The molecule has 1 aromatic carbocycles. The summed E-state index contributed by atoms with van der Waals surface area (Å²) in [4.78, 5) is 4.39. The number of aliphatic imine (C=N–C) groups is 1. The van der Waals surface area contributed by atoms with Crippen molar-refractivity contribution in [2.24, 2.45) is 16.3 Å². The standard InChI is InChI=1S/C18H27N3O/c1-12-7-5-6-8-13(12)11-20-17(19-4)21-15-14-9-10-22-16(14)18(15,2)3/h5-8,14-16H,9-11H2,1-4H3,(H2,19,20,21). The quantitative estimate of drug-likeness (QED) is 0.666. The molecule has 0 bridgehead atoms. The van der Waals surface area contributed by atoms with Crippen molar-refractivity contribution in [1.82, 2.24) is 10.6 Å². The summed E-state index contributed by atoms with van der Waals surface area (Å²) in [5.74, 6) is 1.50. The van der Waals surface area contributed by atoms with Gasteiger partial charge in [-0.1, -0.05) is 38.1 Å². The molecule has 0 aromatic heterocycles. The molecule has 1 saturated heterocycles. The Morgan fingerprint density at radius 1 is 1.36 bits per heavy atom. The predicted molar refractivity (Wildman–Crippen MR) is 89.9 cm³/mol. The molecule has 1 aliphatic heterocycles. The first-order chi connectivity index (χ1) is 10.5. The van der Waals surface area contributed by atoms with Gasteiger partial charge in [0.15, 0.2) is 5.96 Å². The first kappa shape index (κ1) is 15.3. The maximum Gasteiger partial charge on any atom is 0.191 e. The fourth-order valence-electron chi connectivity index (χ4n) is 3.95. The van der Waals surface area contributed by atoms with Crippen LogP contribution in [0.5, 0.6) is 0 Å². The molecule has 120 valence electrons. The summed E-state index contributed by atoms with van der Waals surface area (Å²) in [7, 11) is 1.83. The van der Waals surface area contributed by atoms with E-state index in [1.54, 1.807) is 0 Å². The van der Waals surface area contributed by atoms with E-state index in [9.17, 15) is 0 Å². The summed E-state index contributed by atoms with van der Waals surface area (Å²) >= 11 is 0. The summed E-state index contributed by atoms with van der Waals surface area (Å²) < 4.78 is 5.86. The Morgan fingerprint density at radius 3 is 2.86 bits per heavy atom. The number of ether oxygens (including phenoxy) is 1. The number of benzene rings is 1. The van der Waals surface area contributed by atoms with Crippen LogP contribution in [0.4, 0.5) is 0 Å². The van der Waals surface area contributed by atoms with Crippen molar-refractivity contribution in [3.8, 4) is 0 Å². The molecule has 1 saturated carbocycles. The second-order valence-electron chi connectivity index (χ2n) is 7.04. The van der Waals surface area contributed by atoms with Gasteiger partial charge < -0.3 is 15.4 Å². The third-order valence-corrected chi connectivity index (χ3v) is 5.32. The SMILES string of the molecule is CN=C(NCc1ccccc1C)NC1C2CCOC2C1(C)C. The van der Waals surface area contributed by atoms with Crippen molar-refractivity contribution in [3.05, 3.63) is 35.4 Å². The van der Waals surface area contributed by atoms with Gasteiger partial charge >= 0.3 is 0 Å². The fraction of sp³-hybridized carbons (Fsp3) is 0.611.